The Balaban J connectivity index is 3.97. The average Bonchev–Trinajstić information content (AvgIpc) is 2.00. The molecule has 0 radical (unpaired) electrons. The summed E-state index contributed by atoms with van der Waals surface area (Å²) in [7, 11) is 0. The van der Waals surface area contributed by atoms with E-state index in [9.17, 15) is 0 Å². The van der Waals surface area contributed by atoms with Gasteiger partial charge in [0.15, 0.2) is 0 Å². The van der Waals surface area contributed by atoms with Gasteiger partial charge in [-0.05, 0) is 13.8 Å². The second-order valence-corrected chi connectivity index (χ2v) is 2.39. The molecular formula is C7H13Cl2N. The lowest BCUT2D eigenvalue weighted by Crippen LogP contribution is -2.22. The van der Waals surface area contributed by atoms with Gasteiger partial charge in [0, 0.05) is 24.3 Å². The van der Waals surface area contributed by atoms with Crippen molar-refractivity contribution in [3.63, 3.8) is 0 Å². The highest BCUT2D eigenvalue weighted by molar-refractivity contribution is 6.27. The Bertz CT molecular complexity index is 108. The first-order valence-electron chi connectivity index (χ1n) is 3.40. The minimum absolute atomic E-state index is 0.491. The number of hydrogen-bond donors (Lipinski definition) is 0. The van der Waals surface area contributed by atoms with Crippen molar-refractivity contribution in [3.05, 3.63) is 11.2 Å². The molecule has 0 amide bonds. The van der Waals surface area contributed by atoms with Gasteiger partial charge in [0.1, 0.15) is 0 Å². The van der Waals surface area contributed by atoms with Gasteiger partial charge < -0.3 is 4.90 Å². The van der Waals surface area contributed by atoms with Crippen LogP contribution >= 0.6 is 23.2 Å². The predicted octanol–water partition coefficient (Wildman–Crippen LogP) is 2.65. The number of hydrogen-bond acceptors (Lipinski definition) is 1. The first kappa shape index (κ1) is 10.1. The van der Waals surface area contributed by atoms with Gasteiger partial charge in [0.05, 0.1) is 5.88 Å². The molecule has 10 heavy (non-hydrogen) atoms. The van der Waals surface area contributed by atoms with Gasteiger partial charge in [-0.1, -0.05) is 11.6 Å². The third kappa shape index (κ3) is 2.80. The van der Waals surface area contributed by atoms with Crippen LogP contribution in [0.1, 0.15) is 13.8 Å². The van der Waals surface area contributed by atoms with Crippen LogP contribution in [0.4, 0.5) is 0 Å². The Morgan fingerprint density at radius 3 is 2.00 bits per heavy atom. The molecule has 0 aliphatic rings. The second-order valence-electron chi connectivity index (χ2n) is 1.91. The van der Waals surface area contributed by atoms with Crippen molar-refractivity contribution >= 4 is 23.2 Å². The number of alkyl halides is 1. The Hall–Kier alpha value is 0.120. The average molecular weight is 182 g/mol. The lowest BCUT2D eigenvalue weighted by Gasteiger charge is -2.21. The van der Waals surface area contributed by atoms with Crippen LogP contribution in [0, 0.1) is 0 Å². The highest BCUT2D eigenvalue weighted by Gasteiger charge is 2.01. The van der Waals surface area contributed by atoms with Crippen molar-refractivity contribution < 1.29 is 0 Å². The van der Waals surface area contributed by atoms with E-state index < -0.39 is 0 Å². The Morgan fingerprint density at radius 2 is 1.90 bits per heavy atom. The molecule has 1 nitrogen and oxygen atoms in total. The molecule has 0 aliphatic heterocycles. The zero-order valence-corrected chi connectivity index (χ0v) is 7.91. The summed E-state index contributed by atoms with van der Waals surface area (Å²) in [5.74, 6) is 0.491. The minimum Gasteiger partial charge on any atom is -0.374 e. The van der Waals surface area contributed by atoms with Crippen LogP contribution in [0.25, 0.3) is 0 Å². The summed E-state index contributed by atoms with van der Waals surface area (Å²) in [6, 6.07) is 0. The Labute approximate surface area is 72.6 Å². The van der Waals surface area contributed by atoms with Gasteiger partial charge in [-0.15, -0.1) is 11.6 Å². The third-order valence-corrected chi connectivity index (χ3v) is 1.96. The van der Waals surface area contributed by atoms with E-state index in [1.54, 1.807) is 5.54 Å². The maximum absolute atomic E-state index is 5.63. The molecular weight excluding hydrogens is 169 g/mol. The highest BCUT2D eigenvalue weighted by Crippen LogP contribution is 2.06. The van der Waals surface area contributed by atoms with Gasteiger partial charge in [0.2, 0.25) is 0 Å². The van der Waals surface area contributed by atoms with Crippen LogP contribution in [0.2, 0.25) is 0 Å². The molecule has 0 heterocycles. The number of nitrogens with zero attached hydrogens (tertiary/aromatic N) is 1. The van der Waals surface area contributed by atoms with E-state index in [0.29, 0.717) is 5.88 Å². The van der Waals surface area contributed by atoms with Crippen LogP contribution < -0.4 is 0 Å². The maximum atomic E-state index is 5.63. The molecule has 3 heteroatoms. The van der Waals surface area contributed by atoms with E-state index in [1.807, 2.05) is 0 Å². The predicted molar refractivity (Wildman–Crippen MR) is 47.6 cm³/mol. The molecule has 0 saturated carbocycles. The lowest BCUT2D eigenvalue weighted by molar-refractivity contribution is 0.386. The summed E-state index contributed by atoms with van der Waals surface area (Å²) < 4.78 is 0. The summed E-state index contributed by atoms with van der Waals surface area (Å²) in [5.41, 5.74) is 2.54. The van der Waals surface area contributed by atoms with E-state index in [4.69, 9.17) is 23.2 Å². The molecule has 0 bridgehead atoms. The molecule has 0 spiro atoms. The molecule has 0 atom stereocenters. The number of rotatable bonds is 4. The van der Waals surface area contributed by atoms with Gasteiger partial charge in [0.25, 0.3) is 0 Å². The summed E-state index contributed by atoms with van der Waals surface area (Å²) in [6.07, 6.45) is 0. The lowest BCUT2D eigenvalue weighted by atomic mass is 10.4. The van der Waals surface area contributed by atoms with Crippen LogP contribution in [-0.4, -0.2) is 23.9 Å². The molecule has 0 unspecified atom stereocenters. The van der Waals surface area contributed by atoms with Crippen LogP contribution in [0.3, 0.4) is 0 Å². The fourth-order valence-electron chi connectivity index (χ4n) is 0.812. The van der Waals surface area contributed by atoms with Crippen LogP contribution in [0.5, 0.6) is 0 Å². The SMILES string of the molecule is CCN(CC)C(=CCl)CCl. The smallest absolute Gasteiger partial charge is 0.0632 e. The topological polar surface area (TPSA) is 3.24 Å². The standard InChI is InChI=1S/C7H13Cl2N/c1-3-10(4-2)7(5-8)6-9/h5H,3-4,6H2,1-2H3. The molecule has 0 saturated heterocycles. The van der Waals surface area contributed by atoms with Crippen molar-refractivity contribution in [2.75, 3.05) is 19.0 Å². The first-order valence-corrected chi connectivity index (χ1v) is 4.37. The van der Waals surface area contributed by atoms with Gasteiger partial charge in [-0.25, -0.2) is 0 Å². The van der Waals surface area contributed by atoms with E-state index in [2.05, 4.69) is 18.7 Å². The second kappa shape index (κ2) is 5.87. The van der Waals surface area contributed by atoms with E-state index >= 15 is 0 Å². The van der Waals surface area contributed by atoms with Crippen LogP contribution in [-0.2, 0) is 0 Å². The molecule has 60 valence electrons. The highest BCUT2D eigenvalue weighted by atomic mass is 35.5. The summed E-state index contributed by atoms with van der Waals surface area (Å²) >= 11 is 11.2. The first-order chi connectivity index (χ1) is 4.79. The van der Waals surface area contributed by atoms with Crippen molar-refractivity contribution in [2.24, 2.45) is 0 Å². The zero-order chi connectivity index (χ0) is 7.98. The third-order valence-electron chi connectivity index (χ3n) is 1.43. The van der Waals surface area contributed by atoms with Crippen molar-refractivity contribution in [3.8, 4) is 0 Å². The quantitative estimate of drug-likeness (QED) is 0.604. The van der Waals surface area contributed by atoms with Crippen molar-refractivity contribution in [2.45, 2.75) is 13.8 Å². The monoisotopic (exact) mass is 181 g/mol. The fourth-order valence-corrected chi connectivity index (χ4v) is 1.35. The number of halogens is 2. The summed E-state index contributed by atoms with van der Waals surface area (Å²) in [4.78, 5) is 2.12. The Morgan fingerprint density at radius 1 is 1.40 bits per heavy atom. The summed E-state index contributed by atoms with van der Waals surface area (Å²) in [5, 5.41) is 0. The molecule has 0 aromatic heterocycles. The molecule has 0 rings (SSSR count). The van der Waals surface area contributed by atoms with Crippen molar-refractivity contribution in [1.29, 1.82) is 0 Å². The minimum atomic E-state index is 0.491. The van der Waals surface area contributed by atoms with Gasteiger partial charge in [-0.2, -0.15) is 0 Å². The van der Waals surface area contributed by atoms with Gasteiger partial charge in [-0.3, -0.25) is 0 Å². The largest absolute Gasteiger partial charge is 0.374 e. The molecule has 0 fully saturated rings. The maximum Gasteiger partial charge on any atom is 0.0632 e. The Kier molecular flexibility index (Phi) is 5.94. The molecule has 0 N–H and O–H groups in total. The van der Waals surface area contributed by atoms with E-state index in [1.165, 1.54) is 0 Å². The van der Waals surface area contributed by atoms with E-state index in [0.717, 1.165) is 18.8 Å². The molecule has 0 aromatic carbocycles. The van der Waals surface area contributed by atoms with E-state index in [-0.39, 0.29) is 0 Å². The number of allylic oxidation sites excluding steroid dienone is 1. The fraction of sp³-hybridized carbons (Fsp3) is 0.714. The van der Waals surface area contributed by atoms with Crippen LogP contribution in [0.15, 0.2) is 11.2 Å². The molecule has 0 aliphatic carbocycles. The summed E-state index contributed by atoms with van der Waals surface area (Å²) in [6.45, 7) is 6.08. The zero-order valence-electron chi connectivity index (χ0n) is 6.40. The van der Waals surface area contributed by atoms with Gasteiger partial charge >= 0.3 is 0 Å². The molecule has 0 aromatic rings. The normalized spacial score (nSPS) is 11.8. The van der Waals surface area contributed by atoms with Crippen molar-refractivity contribution in [1.82, 2.24) is 4.90 Å².